The Kier molecular flexibility index (Phi) is 4.81. The maximum Gasteiger partial charge on any atom is 0.0938 e. The Hall–Kier alpha value is -0.650. The van der Waals surface area contributed by atoms with E-state index in [9.17, 15) is 10.2 Å². The Balaban J connectivity index is 2.26. The second kappa shape index (κ2) is 6.20. The summed E-state index contributed by atoms with van der Waals surface area (Å²) in [5.41, 5.74) is 7.25. The third-order valence-corrected chi connectivity index (χ3v) is 3.98. The van der Waals surface area contributed by atoms with Crippen LogP contribution in [0.1, 0.15) is 24.9 Å². The molecule has 2 rings (SSSR count). The molecule has 1 heterocycles. The molecule has 1 aliphatic heterocycles. The summed E-state index contributed by atoms with van der Waals surface area (Å²) in [7, 11) is 0. The molecule has 4 unspecified atom stereocenters. The molecule has 4 atom stereocenters. The van der Waals surface area contributed by atoms with Gasteiger partial charge in [0.15, 0.2) is 0 Å². The van der Waals surface area contributed by atoms with Crippen LogP contribution in [0.25, 0.3) is 0 Å². The quantitative estimate of drug-likeness (QED) is 0.776. The lowest BCUT2D eigenvalue weighted by Gasteiger charge is -2.32. The highest BCUT2D eigenvalue weighted by Crippen LogP contribution is 2.30. The van der Waals surface area contributed by atoms with Crippen LogP contribution in [-0.4, -0.2) is 46.5 Å². The highest BCUT2D eigenvalue weighted by Gasteiger charge is 2.36. The first-order chi connectivity index (χ1) is 9.02. The van der Waals surface area contributed by atoms with E-state index in [0.717, 1.165) is 12.0 Å². The van der Waals surface area contributed by atoms with E-state index in [1.165, 1.54) is 0 Å². The first kappa shape index (κ1) is 14.8. The van der Waals surface area contributed by atoms with Crippen molar-refractivity contribution in [3.05, 3.63) is 34.9 Å². The van der Waals surface area contributed by atoms with Crippen LogP contribution in [0.2, 0.25) is 5.02 Å². The van der Waals surface area contributed by atoms with Crippen molar-refractivity contribution in [1.29, 1.82) is 0 Å². The summed E-state index contributed by atoms with van der Waals surface area (Å²) in [6, 6.07) is 7.53. The van der Waals surface area contributed by atoms with Crippen LogP contribution in [0.15, 0.2) is 24.3 Å². The number of aliphatic hydroxyl groups is 2. The Morgan fingerprint density at radius 3 is 2.53 bits per heavy atom. The lowest BCUT2D eigenvalue weighted by atomic mass is 9.96. The number of rotatable bonds is 4. The molecular weight excluding hydrogens is 264 g/mol. The molecule has 0 spiro atoms. The average molecular weight is 285 g/mol. The molecule has 1 aromatic carbocycles. The molecule has 1 aromatic rings. The minimum absolute atomic E-state index is 0.0319. The lowest BCUT2D eigenvalue weighted by molar-refractivity contribution is 0.0572. The summed E-state index contributed by atoms with van der Waals surface area (Å²) in [6.07, 6.45) is -0.587. The van der Waals surface area contributed by atoms with Crippen molar-refractivity contribution in [3.8, 4) is 0 Å². The van der Waals surface area contributed by atoms with E-state index < -0.39 is 12.2 Å². The van der Waals surface area contributed by atoms with Crippen molar-refractivity contribution in [2.24, 2.45) is 5.73 Å². The fourth-order valence-corrected chi connectivity index (χ4v) is 2.87. The second-order valence-electron chi connectivity index (χ2n) is 5.16. The number of β-amino-alcohol motifs (C(OH)–C–C–N with tert-alkyl or cyclic N) is 2. The van der Waals surface area contributed by atoms with Gasteiger partial charge in [0, 0.05) is 24.2 Å². The Bertz CT molecular complexity index is 420. The molecule has 5 heteroatoms. The molecule has 0 aliphatic carbocycles. The molecule has 0 amide bonds. The zero-order valence-corrected chi connectivity index (χ0v) is 11.8. The number of aliphatic hydroxyl groups excluding tert-OH is 2. The van der Waals surface area contributed by atoms with E-state index in [1.54, 1.807) is 0 Å². The van der Waals surface area contributed by atoms with Crippen molar-refractivity contribution in [1.82, 2.24) is 4.90 Å². The smallest absolute Gasteiger partial charge is 0.0938 e. The normalized spacial score (nSPS) is 27.4. The van der Waals surface area contributed by atoms with Gasteiger partial charge in [-0.25, -0.2) is 0 Å². The maximum atomic E-state index is 9.71. The minimum atomic E-state index is -0.703. The van der Waals surface area contributed by atoms with Crippen LogP contribution >= 0.6 is 11.6 Å². The van der Waals surface area contributed by atoms with Crippen LogP contribution in [0, 0.1) is 0 Å². The number of halogens is 1. The van der Waals surface area contributed by atoms with Gasteiger partial charge in [0.1, 0.15) is 0 Å². The third kappa shape index (κ3) is 3.27. The summed E-state index contributed by atoms with van der Waals surface area (Å²) < 4.78 is 0. The number of nitrogens with zero attached hydrogens (tertiary/aromatic N) is 1. The molecule has 0 saturated carbocycles. The van der Waals surface area contributed by atoms with E-state index in [-0.39, 0.29) is 12.1 Å². The second-order valence-corrected chi connectivity index (χ2v) is 5.60. The molecule has 1 aliphatic rings. The fraction of sp³-hybridized carbons (Fsp3) is 0.571. The zero-order valence-electron chi connectivity index (χ0n) is 11.0. The van der Waals surface area contributed by atoms with Gasteiger partial charge >= 0.3 is 0 Å². The molecule has 1 saturated heterocycles. The number of nitrogens with two attached hydrogens (primary N) is 1. The fourth-order valence-electron chi connectivity index (χ4n) is 2.67. The molecular formula is C14H21ClN2O2. The average Bonchev–Trinajstić information content (AvgIpc) is 2.69. The molecule has 4 nitrogen and oxygen atoms in total. The monoisotopic (exact) mass is 284 g/mol. The third-order valence-electron chi connectivity index (χ3n) is 3.75. The van der Waals surface area contributed by atoms with Gasteiger partial charge in [0.05, 0.1) is 18.2 Å². The number of likely N-dealkylation sites (tertiary alicyclic amines) is 1. The van der Waals surface area contributed by atoms with Gasteiger partial charge in [-0.3, -0.25) is 4.90 Å². The molecule has 0 aromatic heterocycles. The molecule has 0 bridgehead atoms. The first-order valence-electron chi connectivity index (χ1n) is 6.64. The molecule has 106 valence electrons. The summed E-state index contributed by atoms with van der Waals surface area (Å²) in [6.45, 7) is 2.91. The maximum absolute atomic E-state index is 9.71. The highest BCUT2D eigenvalue weighted by atomic mass is 35.5. The van der Waals surface area contributed by atoms with Gasteiger partial charge in [0.25, 0.3) is 0 Å². The minimum Gasteiger partial charge on any atom is -0.389 e. The van der Waals surface area contributed by atoms with Crippen LogP contribution in [-0.2, 0) is 0 Å². The van der Waals surface area contributed by atoms with Crippen LogP contribution < -0.4 is 5.73 Å². The van der Waals surface area contributed by atoms with Crippen molar-refractivity contribution in [3.63, 3.8) is 0 Å². The SMILES string of the molecule is CCC(N)C(c1cccc(Cl)c1)N1CC(O)C(O)C1. The topological polar surface area (TPSA) is 69.7 Å². The van der Waals surface area contributed by atoms with Crippen molar-refractivity contribution in [2.45, 2.75) is 37.6 Å². The summed E-state index contributed by atoms with van der Waals surface area (Å²) in [4.78, 5) is 2.04. The van der Waals surface area contributed by atoms with E-state index >= 15 is 0 Å². The lowest BCUT2D eigenvalue weighted by Crippen LogP contribution is -2.40. The number of hydrogen-bond donors (Lipinski definition) is 3. The van der Waals surface area contributed by atoms with Gasteiger partial charge < -0.3 is 15.9 Å². The Labute approximate surface area is 118 Å². The Morgan fingerprint density at radius 2 is 2.00 bits per heavy atom. The predicted molar refractivity (Wildman–Crippen MR) is 76.0 cm³/mol. The van der Waals surface area contributed by atoms with Crippen molar-refractivity contribution >= 4 is 11.6 Å². The van der Waals surface area contributed by atoms with Crippen LogP contribution in [0.3, 0.4) is 0 Å². The first-order valence-corrected chi connectivity index (χ1v) is 7.02. The largest absolute Gasteiger partial charge is 0.389 e. The van der Waals surface area contributed by atoms with Gasteiger partial charge in [-0.1, -0.05) is 30.7 Å². The van der Waals surface area contributed by atoms with Gasteiger partial charge in [-0.2, -0.15) is 0 Å². The van der Waals surface area contributed by atoms with E-state index in [4.69, 9.17) is 17.3 Å². The molecule has 4 N–H and O–H groups in total. The van der Waals surface area contributed by atoms with Crippen molar-refractivity contribution < 1.29 is 10.2 Å². The van der Waals surface area contributed by atoms with Gasteiger partial charge in [-0.15, -0.1) is 0 Å². The summed E-state index contributed by atoms with van der Waals surface area (Å²) >= 11 is 6.04. The summed E-state index contributed by atoms with van der Waals surface area (Å²) in [5, 5.41) is 20.1. The van der Waals surface area contributed by atoms with E-state index in [2.05, 4.69) is 0 Å². The Morgan fingerprint density at radius 1 is 1.37 bits per heavy atom. The summed E-state index contributed by atoms with van der Waals surface area (Å²) in [5.74, 6) is 0. The van der Waals surface area contributed by atoms with E-state index in [0.29, 0.717) is 18.1 Å². The zero-order chi connectivity index (χ0) is 14.0. The van der Waals surface area contributed by atoms with Gasteiger partial charge in [0.2, 0.25) is 0 Å². The molecule has 1 fully saturated rings. The molecule has 19 heavy (non-hydrogen) atoms. The number of benzene rings is 1. The van der Waals surface area contributed by atoms with Crippen LogP contribution in [0.5, 0.6) is 0 Å². The van der Waals surface area contributed by atoms with Crippen LogP contribution in [0.4, 0.5) is 0 Å². The highest BCUT2D eigenvalue weighted by molar-refractivity contribution is 6.30. The molecule has 0 radical (unpaired) electrons. The predicted octanol–water partition coefficient (Wildman–Crippen LogP) is 1.16. The van der Waals surface area contributed by atoms with E-state index in [1.807, 2.05) is 36.1 Å². The van der Waals surface area contributed by atoms with Crippen molar-refractivity contribution in [2.75, 3.05) is 13.1 Å². The number of hydrogen-bond acceptors (Lipinski definition) is 4. The van der Waals surface area contributed by atoms with Gasteiger partial charge in [-0.05, 0) is 24.1 Å². The standard InChI is InChI=1S/C14H21ClN2O2/c1-2-11(16)14(9-4-3-5-10(15)6-9)17-7-12(18)13(19)8-17/h3-6,11-14,18-19H,2,7-8,16H2,1H3.